The summed E-state index contributed by atoms with van der Waals surface area (Å²) >= 11 is 0. The van der Waals surface area contributed by atoms with Gasteiger partial charge in [-0.1, -0.05) is 19.1 Å². The Morgan fingerprint density at radius 1 is 1.39 bits per heavy atom. The predicted octanol–water partition coefficient (Wildman–Crippen LogP) is 2.31. The van der Waals surface area contributed by atoms with Crippen LogP contribution in [0.3, 0.4) is 0 Å². The van der Waals surface area contributed by atoms with E-state index in [1.165, 1.54) is 17.7 Å². The Balaban J connectivity index is 1.98. The van der Waals surface area contributed by atoms with Crippen LogP contribution in [0.25, 0.3) is 0 Å². The lowest BCUT2D eigenvalue weighted by molar-refractivity contribution is 0.263. The average Bonchev–Trinajstić information content (AvgIpc) is 2.87. The lowest BCUT2D eigenvalue weighted by Crippen LogP contribution is -2.20. The first kappa shape index (κ1) is 13.4. The summed E-state index contributed by atoms with van der Waals surface area (Å²) in [5.74, 6) is 0.646. The van der Waals surface area contributed by atoms with Gasteiger partial charge in [0.25, 0.3) is 0 Å². The molecule has 1 saturated heterocycles. The fourth-order valence-corrected chi connectivity index (χ4v) is 2.65. The summed E-state index contributed by atoms with van der Waals surface area (Å²) in [5.41, 5.74) is 8.51. The van der Waals surface area contributed by atoms with Gasteiger partial charge in [0.1, 0.15) is 0 Å². The van der Waals surface area contributed by atoms with Gasteiger partial charge in [-0.05, 0) is 42.9 Å². The maximum atomic E-state index is 8.98. The van der Waals surface area contributed by atoms with Crippen LogP contribution in [-0.4, -0.2) is 24.8 Å². The molecule has 0 bridgehead atoms. The van der Waals surface area contributed by atoms with Gasteiger partial charge in [0.2, 0.25) is 0 Å². The fourth-order valence-electron chi connectivity index (χ4n) is 2.65. The second-order valence-corrected chi connectivity index (χ2v) is 5.22. The van der Waals surface area contributed by atoms with Crippen LogP contribution in [0.2, 0.25) is 0 Å². The summed E-state index contributed by atoms with van der Waals surface area (Å²) in [6.45, 7) is 4.59. The first-order valence-corrected chi connectivity index (χ1v) is 6.96. The molecule has 18 heavy (non-hydrogen) atoms. The molecule has 100 valence electrons. The van der Waals surface area contributed by atoms with Crippen molar-refractivity contribution in [1.29, 1.82) is 0 Å². The maximum Gasteiger partial charge on any atom is 0.0434 e. The van der Waals surface area contributed by atoms with E-state index in [1.54, 1.807) is 0 Å². The van der Waals surface area contributed by atoms with Crippen LogP contribution in [0, 0.1) is 5.92 Å². The number of aliphatic hydroxyl groups excluding tert-OH is 1. The van der Waals surface area contributed by atoms with Crippen LogP contribution >= 0.6 is 0 Å². The molecular weight excluding hydrogens is 224 g/mol. The molecule has 3 N–H and O–H groups in total. The lowest BCUT2D eigenvalue weighted by Gasteiger charge is -2.19. The Morgan fingerprint density at radius 3 is 2.72 bits per heavy atom. The van der Waals surface area contributed by atoms with Gasteiger partial charge in [-0.3, -0.25) is 0 Å². The molecule has 1 unspecified atom stereocenters. The van der Waals surface area contributed by atoms with Gasteiger partial charge < -0.3 is 15.7 Å². The molecule has 1 aromatic rings. The summed E-state index contributed by atoms with van der Waals surface area (Å²) in [7, 11) is 0. The molecule has 3 heteroatoms. The summed E-state index contributed by atoms with van der Waals surface area (Å²) in [6, 6.07) is 8.78. The van der Waals surface area contributed by atoms with Gasteiger partial charge in [-0.15, -0.1) is 0 Å². The highest BCUT2D eigenvalue weighted by atomic mass is 16.3. The van der Waals surface area contributed by atoms with Crippen LogP contribution in [0.1, 0.15) is 37.8 Å². The zero-order valence-electron chi connectivity index (χ0n) is 11.2. The van der Waals surface area contributed by atoms with Gasteiger partial charge in [0, 0.05) is 31.4 Å². The van der Waals surface area contributed by atoms with Crippen molar-refractivity contribution in [3.63, 3.8) is 0 Å². The molecule has 0 saturated carbocycles. The molecule has 0 spiro atoms. The number of nitrogens with two attached hydrogens (primary N) is 1. The Labute approximate surface area is 110 Å². The molecule has 1 fully saturated rings. The molecule has 1 heterocycles. The summed E-state index contributed by atoms with van der Waals surface area (Å²) in [5, 5.41) is 8.98. The number of rotatable bonds is 5. The Bertz CT molecular complexity index is 363. The normalized spacial score (nSPS) is 21.3. The van der Waals surface area contributed by atoms with Gasteiger partial charge in [-0.25, -0.2) is 0 Å². The molecule has 0 radical (unpaired) electrons. The summed E-state index contributed by atoms with van der Waals surface area (Å²) < 4.78 is 0. The molecule has 0 aliphatic carbocycles. The van der Waals surface area contributed by atoms with Crippen LogP contribution in [0.15, 0.2) is 24.3 Å². The number of aliphatic hydroxyl groups is 1. The second kappa shape index (κ2) is 6.21. The number of benzene rings is 1. The van der Waals surface area contributed by atoms with E-state index < -0.39 is 0 Å². The fraction of sp³-hybridized carbons (Fsp3) is 0.600. The van der Waals surface area contributed by atoms with E-state index in [9.17, 15) is 0 Å². The zero-order chi connectivity index (χ0) is 13.0. The molecule has 1 aliphatic heterocycles. The Kier molecular flexibility index (Phi) is 4.61. The Morgan fingerprint density at radius 2 is 2.11 bits per heavy atom. The molecule has 0 aromatic heterocycles. The first-order chi connectivity index (χ1) is 8.74. The van der Waals surface area contributed by atoms with Crippen LogP contribution < -0.4 is 10.6 Å². The van der Waals surface area contributed by atoms with Crippen LogP contribution in [0.5, 0.6) is 0 Å². The van der Waals surface area contributed by atoms with Crippen molar-refractivity contribution >= 4 is 5.69 Å². The third kappa shape index (κ3) is 3.03. The van der Waals surface area contributed by atoms with E-state index in [0.29, 0.717) is 12.5 Å². The van der Waals surface area contributed by atoms with E-state index in [2.05, 4.69) is 36.1 Å². The third-order valence-corrected chi connectivity index (χ3v) is 3.95. The van der Waals surface area contributed by atoms with Crippen LogP contribution in [0.4, 0.5) is 5.69 Å². The van der Waals surface area contributed by atoms with Gasteiger partial charge in [0.15, 0.2) is 0 Å². The van der Waals surface area contributed by atoms with Crippen LogP contribution in [-0.2, 0) is 0 Å². The summed E-state index contributed by atoms with van der Waals surface area (Å²) in [6.07, 6.45) is 3.09. The maximum absolute atomic E-state index is 8.98. The molecule has 1 aromatic carbocycles. The van der Waals surface area contributed by atoms with E-state index in [4.69, 9.17) is 10.8 Å². The minimum absolute atomic E-state index is 0.153. The van der Waals surface area contributed by atoms with Crippen molar-refractivity contribution in [3.8, 4) is 0 Å². The lowest BCUT2D eigenvalue weighted by atomic mass is 10.0. The molecule has 2 rings (SSSR count). The van der Waals surface area contributed by atoms with Crippen molar-refractivity contribution in [2.75, 3.05) is 24.6 Å². The molecular formula is C15H24N2O. The van der Waals surface area contributed by atoms with E-state index >= 15 is 0 Å². The molecule has 3 nitrogen and oxygen atoms in total. The van der Waals surface area contributed by atoms with Crippen molar-refractivity contribution in [1.82, 2.24) is 0 Å². The minimum Gasteiger partial charge on any atom is -0.396 e. The zero-order valence-corrected chi connectivity index (χ0v) is 11.2. The largest absolute Gasteiger partial charge is 0.396 e. The van der Waals surface area contributed by atoms with E-state index in [0.717, 1.165) is 25.9 Å². The average molecular weight is 248 g/mol. The smallest absolute Gasteiger partial charge is 0.0434 e. The van der Waals surface area contributed by atoms with Gasteiger partial charge in [0.05, 0.1) is 0 Å². The van der Waals surface area contributed by atoms with Crippen molar-refractivity contribution in [3.05, 3.63) is 29.8 Å². The summed E-state index contributed by atoms with van der Waals surface area (Å²) in [4.78, 5) is 2.40. The van der Waals surface area contributed by atoms with Crippen molar-refractivity contribution in [2.45, 2.75) is 32.2 Å². The minimum atomic E-state index is 0.153. The number of hydrogen-bond acceptors (Lipinski definition) is 3. The monoisotopic (exact) mass is 248 g/mol. The molecule has 1 aliphatic rings. The topological polar surface area (TPSA) is 49.5 Å². The number of anilines is 1. The highest BCUT2D eigenvalue weighted by molar-refractivity contribution is 5.48. The standard InChI is InChI=1S/C15H24N2O/c1-2-15(16)13-3-5-14(6-4-13)17-9-7-12(11-17)8-10-18/h3-6,12,15,18H,2,7-11,16H2,1H3/t12?,15-/m1/s1. The van der Waals surface area contributed by atoms with Crippen molar-refractivity contribution in [2.24, 2.45) is 11.7 Å². The van der Waals surface area contributed by atoms with E-state index in [-0.39, 0.29) is 6.04 Å². The number of nitrogens with zero attached hydrogens (tertiary/aromatic N) is 1. The predicted molar refractivity (Wildman–Crippen MR) is 75.7 cm³/mol. The number of hydrogen-bond donors (Lipinski definition) is 2. The quantitative estimate of drug-likeness (QED) is 0.840. The SMILES string of the molecule is CC[C@@H](N)c1ccc(N2CCC(CCO)C2)cc1. The molecule has 2 atom stereocenters. The molecule has 0 amide bonds. The highest BCUT2D eigenvalue weighted by Crippen LogP contribution is 2.26. The van der Waals surface area contributed by atoms with Gasteiger partial charge >= 0.3 is 0 Å². The Hall–Kier alpha value is -1.06. The van der Waals surface area contributed by atoms with Crippen molar-refractivity contribution < 1.29 is 5.11 Å². The third-order valence-electron chi connectivity index (χ3n) is 3.95. The van der Waals surface area contributed by atoms with Gasteiger partial charge in [-0.2, -0.15) is 0 Å². The van der Waals surface area contributed by atoms with E-state index in [1.807, 2.05) is 0 Å². The first-order valence-electron chi connectivity index (χ1n) is 6.96. The second-order valence-electron chi connectivity index (χ2n) is 5.22. The highest BCUT2D eigenvalue weighted by Gasteiger charge is 2.22.